The van der Waals surface area contributed by atoms with Gasteiger partial charge in [-0.15, -0.1) is 0 Å². The van der Waals surface area contributed by atoms with Crippen LogP contribution in [0.2, 0.25) is 0 Å². The number of benzene rings is 3. The molecule has 6 nitrogen and oxygen atoms in total. The number of carbonyl (C=O) groups excluding carboxylic acids is 1. The number of amides is 1. The molecule has 1 aliphatic rings. The van der Waals surface area contributed by atoms with Crippen molar-refractivity contribution in [2.24, 2.45) is 0 Å². The molecule has 5 rings (SSSR count). The summed E-state index contributed by atoms with van der Waals surface area (Å²) in [7, 11) is 1.57. The molecule has 0 aliphatic heterocycles. The Hall–Kier alpha value is -3.58. The van der Waals surface area contributed by atoms with Gasteiger partial charge in [-0.25, -0.2) is 4.79 Å². The van der Waals surface area contributed by atoms with E-state index in [4.69, 9.17) is 13.9 Å². The highest BCUT2D eigenvalue weighted by Gasteiger charge is 2.41. The fourth-order valence-corrected chi connectivity index (χ4v) is 5.48. The molecule has 1 aromatic heterocycles. The minimum atomic E-state index is -0.574. The van der Waals surface area contributed by atoms with E-state index in [0.717, 1.165) is 36.0 Å². The molecular formula is C31H30BrNO5. The van der Waals surface area contributed by atoms with Gasteiger partial charge in [0.25, 0.3) is 0 Å². The molecule has 0 radical (unpaired) electrons. The van der Waals surface area contributed by atoms with Crippen molar-refractivity contribution in [3.63, 3.8) is 0 Å². The van der Waals surface area contributed by atoms with Crippen molar-refractivity contribution in [2.75, 3.05) is 7.11 Å². The Bertz CT molecular complexity index is 1550. The predicted molar refractivity (Wildman–Crippen MR) is 153 cm³/mol. The second kappa shape index (κ2) is 9.95. The Balaban J connectivity index is 1.60. The normalized spacial score (nSPS) is 14.6. The number of nitrogens with one attached hydrogen (secondary N) is 1. The lowest BCUT2D eigenvalue weighted by molar-refractivity contribution is 0.0377. The first-order chi connectivity index (χ1) is 18.1. The van der Waals surface area contributed by atoms with E-state index in [9.17, 15) is 9.59 Å². The smallest absolute Gasteiger partial charge is 0.408 e. The highest BCUT2D eigenvalue weighted by molar-refractivity contribution is 9.10. The van der Waals surface area contributed by atoms with Gasteiger partial charge in [0.1, 0.15) is 21.6 Å². The van der Waals surface area contributed by atoms with Crippen LogP contribution >= 0.6 is 15.9 Å². The molecule has 3 aromatic carbocycles. The zero-order valence-corrected chi connectivity index (χ0v) is 23.5. The van der Waals surface area contributed by atoms with Gasteiger partial charge >= 0.3 is 6.09 Å². The maximum atomic E-state index is 13.9. The molecule has 0 atom stereocenters. The van der Waals surface area contributed by atoms with Crippen molar-refractivity contribution in [2.45, 2.75) is 51.2 Å². The Labute approximate surface area is 230 Å². The lowest BCUT2D eigenvalue weighted by atomic mass is 9.71. The monoisotopic (exact) mass is 575 g/mol. The van der Waals surface area contributed by atoms with E-state index in [2.05, 4.69) is 21.2 Å². The second-order valence-corrected chi connectivity index (χ2v) is 11.4. The van der Waals surface area contributed by atoms with Crippen LogP contribution in [-0.4, -0.2) is 18.8 Å². The zero-order chi connectivity index (χ0) is 27.1. The van der Waals surface area contributed by atoms with Crippen LogP contribution in [0.25, 0.3) is 33.4 Å². The van der Waals surface area contributed by atoms with Crippen LogP contribution in [0.5, 0.6) is 5.75 Å². The molecule has 196 valence electrons. The summed E-state index contributed by atoms with van der Waals surface area (Å²) in [5, 5.41) is 3.55. The van der Waals surface area contributed by atoms with E-state index in [1.165, 1.54) is 0 Å². The topological polar surface area (TPSA) is 77.8 Å². The lowest BCUT2D eigenvalue weighted by Crippen LogP contribution is -2.52. The number of carbonyl (C=O) groups is 1. The number of alkyl carbamates (subject to hydrolysis) is 1. The molecule has 0 bridgehead atoms. The molecule has 1 fully saturated rings. The Kier molecular flexibility index (Phi) is 6.82. The van der Waals surface area contributed by atoms with Gasteiger partial charge in [0, 0.05) is 5.56 Å². The average Bonchev–Trinajstić information content (AvgIpc) is 2.86. The van der Waals surface area contributed by atoms with E-state index in [0.29, 0.717) is 32.5 Å². The van der Waals surface area contributed by atoms with Gasteiger partial charge in [-0.2, -0.15) is 0 Å². The molecule has 1 aliphatic carbocycles. The minimum absolute atomic E-state index is 0.133. The summed E-state index contributed by atoms with van der Waals surface area (Å²) in [6, 6.07) is 20.9. The zero-order valence-electron chi connectivity index (χ0n) is 21.9. The van der Waals surface area contributed by atoms with Crippen LogP contribution in [0.1, 0.15) is 45.6 Å². The van der Waals surface area contributed by atoms with Crippen molar-refractivity contribution in [3.05, 3.63) is 87.0 Å². The lowest BCUT2D eigenvalue weighted by Gasteiger charge is -2.43. The average molecular weight is 576 g/mol. The summed E-state index contributed by atoms with van der Waals surface area (Å²) in [4.78, 5) is 26.5. The number of hydrogen-bond acceptors (Lipinski definition) is 5. The van der Waals surface area contributed by atoms with Gasteiger partial charge in [0.15, 0.2) is 5.58 Å². The van der Waals surface area contributed by atoms with E-state index in [1.807, 2.05) is 75.4 Å². The third-order valence-corrected chi connectivity index (χ3v) is 7.64. The summed E-state index contributed by atoms with van der Waals surface area (Å²) in [5.74, 6) is 1.06. The number of methoxy groups -OCH3 is 1. The molecule has 7 heteroatoms. The van der Waals surface area contributed by atoms with E-state index in [-0.39, 0.29) is 5.43 Å². The van der Waals surface area contributed by atoms with E-state index in [1.54, 1.807) is 19.2 Å². The maximum Gasteiger partial charge on any atom is 0.408 e. The molecule has 0 unspecified atom stereocenters. The molecule has 1 heterocycles. The van der Waals surface area contributed by atoms with E-state index >= 15 is 0 Å². The van der Waals surface area contributed by atoms with Crippen molar-refractivity contribution in [1.82, 2.24) is 5.32 Å². The standard InChI is InChI=1S/C31H30BrNO5/c1-30(2,3)38-29(35)33-31(17-8-18-31)21-13-11-19(12-14-21)24-26(34)22-15-16-23(36-4)25(32)28(22)37-27(24)20-9-6-5-7-10-20/h5-7,9-16H,8,17-18H2,1-4H3,(H,33,35). The van der Waals surface area contributed by atoms with Gasteiger partial charge in [-0.3, -0.25) is 4.79 Å². The third-order valence-electron chi connectivity index (χ3n) is 6.89. The van der Waals surface area contributed by atoms with Crippen LogP contribution in [0.4, 0.5) is 4.79 Å². The molecule has 0 spiro atoms. The number of halogens is 1. The van der Waals surface area contributed by atoms with Crippen molar-refractivity contribution >= 4 is 33.0 Å². The van der Waals surface area contributed by atoms with Gasteiger partial charge in [0.2, 0.25) is 5.43 Å². The van der Waals surface area contributed by atoms with Crippen LogP contribution in [0.15, 0.2) is 80.4 Å². The Morgan fingerprint density at radius 1 is 0.974 bits per heavy atom. The molecular weight excluding hydrogens is 546 g/mol. The minimum Gasteiger partial charge on any atom is -0.495 e. The van der Waals surface area contributed by atoms with Gasteiger partial charge in [-0.1, -0.05) is 54.6 Å². The Morgan fingerprint density at radius 3 is 2.24 bits per heavy atom. The number of fused-ring (bicyclic) bond motifs is 1. The molecule has 1 saturated carbocycles. The van der Waals surface area contributed by atoms with Crippen LogP contribution in [0.3, 0.4) is 0 Å². The summed E-state index contributed by atoms with van der Waals surface area (Å²) < 4.78 is 17.9. The number of rotatable bonds is 5. The molecule has 1 N–H and O–H groups in total. The van der Waals surface area contributed by atoms with Gasteiger partial charge in [0.05, 0.1) is 23.6 Å². The molecule has 1 amide bonds. The highest BCUT2D eigenvalue weighted by Crippen LogP contribution is 2.43. The molecule has 4 aromatic rings. The first-order valence-electron chi connectivity index (χ1n) is 12.6. The maximum absolute atomic E-state index is 13.9. The predicted octanol–water partition coefficient (Wildman–Crippen LogP) is 7.80. The first kappa shape index (κ1) is 26.0. The van der Waals surface area contributed by atoms with Gasteiger partial charge in [-0.05, 0) is 79.2 Å². The molecule has 0 saturated heterocycles. The quantitative estimate of drug-likeness (QED) is 0.262. The number of ether oxygens (including phenoxy) is 2. The van der Waals surface area contributed by atoms with Crippen LogP contribution in [0, 0.1) is 0 Å². The summed E-state index contributed by atoms with van der Waals surface area (Å²) in [5.41, 5.74) is 2.25. The van der Waals surface area contributed by atoms with Crippen molar-refractivity contribution in [1.29, 1.82) is 0 Å². The van der Waals surface area contributed by atoms with Crippen LogP contribution in [-0.2, 0) is 10.3 Å². The van der Waals surface area contributed by atoms with Crippen molar-refractivity contribution in [3.8, 4) is 28.2 Å². The van der Waals surface area contributed by atoms with Crippen LogP contribution < -0.4 is 15.5 Å². The fourth-order valence-electron chi connectivity index (χ4n) is 4.89. The van der Waals surface area contributed by atoms with Gasteiger partial charge < -0.3 is 19.2 Å². The second-order valence-electron chi connectivity index (χ2n) is 10.6. The SMILES string of the molecule is COc1ccc2c(=O)c(-c3ccc(C4(NC(=O)OC(C)(C)C)CCC4)cc3)c(-c3ccccc3)oc2c1Br. The fraction of sp³-hybridized carbons (Fsp3) is 0.290. The highest BCUT2D eigenvalue weighted by atomic mass is 79.9. The van der Waals surface area contributed by atoms with Crippen molar-refractivity contribution < 1.29 is 18.7 Å². The summed E-state index contributed by atoms with van der Waals surface area (Å²) >= 11 is 3.54. The first-order valence-corrected chi connectivity index (χ1v) is 13.4. The summed E-state index contributed by atoms with van der Waals surface area (Å²) in [6.45, 7) is 5.55. The number of hydrogen-bond donors (Lipinski definition) is 1. The summed E-state index contributed by atoms with van der Waals surface area (Å²) in [6.07, 6.45) is 2.25. The Morgan fingerprint density at radius 2 is 1.66 bits per heavy atom. The molecule has 38 heavy (non-hydrogen) atoms. The van der Waals surface area contributed by atoms with E-state index < -0.39 is 17.2 Å². The largest absolute Gasteiger partial charge is 0.495 e. The third kappa shape index (κ3) is 4.83.